The number of rotatable bonds is 6. The fraction of sp³-hybridized carbons (Fsp3) is 0.364. The highest BCUT2D eigenvalue weighted by Crippen LogP contribution is 1.93. The van der Waals surface area contributed by atoms with Gasteiger partial charge in [-0.05, 0) is 19.1 Å². The summed E-state index contributed by atoms with van der Waals surface area (Å²) >= 11 is 0. The van der Waals surface area contributed by atoms with E-state index >= 15 is 0 Å². The van der Waals surface area contributed by atoms with Crippen LogP contribution in [-0.2, 0) is 4.74 Å². The van der Waals surface area contributed by atoms with Crippen molar-refractivity contribution in [2.45, 2.75) is 6.92 Å². The Balaban J connectivity index is 2.10. The number of H-pyrrole nitrogens is 1. The van der Waals surface area contributed by atoms with Crippen molar-refractivity contribution in [1.29, 1.82) is 0 Å². The Kier molecular flexibility index (Phi) is 4.63. The molecule has 0 spiro atoms. The zero-order valence-corrected chi connectivity index (χ0v) is 8.88. The highest BCUT2D eigenvalue weighted by molar-refractivity contribution is 5.92. The molecule has 0 atom stereocenters. The average molecular weight is 208 g/mol. The van der Waals surface area contributed by atoms with Gasteiger partial charge in [0.05, 0.1) is 13.2 Å². The van der Waals surface area contributed by atoms with E-state index in [1.807, 2.05) is 6.92 Å². The molecule has 0 saturated heterocycles. The van der Waals surface area contributed by atoms with Gasteiger partial charge < -0.3 is 15.0 Å². The second kappa shape index (κ2) is 6.03. The maximum absolute atomic E-state index is 11.4. The lowest BCUT2D eigenvalue weighted by Crippen LogP contribution is -2.27. The number of hydrogen-bond acceptors (Lipinski definition) is 2. The van der Waals surface area contributed by atoms with Gasteiger partial charge >= 0.3 is 0 Å². The molecule has 4 heteroatoms. The Hall–Kier alpha value is -1.55. The molecular weight excluding hydrogens is 192 g/mol. The Morgan fingerprint density at radius 2 is 2.47 bits per heavy atom. The van der Waals surface area contributed by atoms with Gasteiger partial charge in [-0.1, -0.05) is 12.2 Å². The highest BCUT2D eigenvalue weighted by Gasteiger charge is 2.03. The Morgan fingerprint density at radius 1 is 1.67 bits per heavy atom. The fourth-order valence-electron chi connectivity index (χ4n) is 1.05. The zero-order valence-electron chi connectivity index (χ0n) is 8.88. The Morgan fingerprint density at radius 3 is 3.07 bits per heavy atom. The molecule has 82 valence electrons. The van der Waals surface area contributed by atoms with Crippen LogP contribution < -0.4 is 5.32 Å². The van der Waals surface area contributed by atoms with Crippen LogP contribution in [0, 0.1) is 0 Å². The van der Waals surface area contributed by atoms with Crippen LogP contribution >= 0.6 is 0 Å². The number of hydrogen-bond donors (Lipinski definition) is 2. The van der Waals surface area contributed by atoms with E-state index in [1.165, 1.54) is 0 Å². The highest BCUT2D eigenvalue weighted by atomic mass is 16.5. The first-order valence-corrected chi connectivity index (χ1v) is 4.84. The normalized spacial score (nSPS) is 9.93. The maximum Gasteiger partial charge on any atom is 0.267 e. The molecule has 1 aromatic heterocycles. The molecule has 15 heavy (non-hydrogen) atoms. The molecule has 0 aliphatic rings. The molecule has 0 fully saturated rings. The first-order valence-electron chi connectivity index (χ1n) is 4.84. The van der Waals surface area contributed by atoms with Gasteiger partial charge in [-0.25, -0.2) is 0 Å². The summed E-state index contributed by atoms with van der Waals surface area (Å²) in [6.07, 6.45) is 1.71. The van der Waals surface area contributed by atoms with Crippen molar-refractivity contribution in [3.8, 4) is 0 Å². The number of aromatic nitrogens is 1. The monoisotopic (exact) mass is 208 g/mol. The van der Waals surface area contributed by atoms with E-state index in [9.17, 15) is 4.79 Å². The van der Waals surface area contributed by atoms with Crippen LogP contribution in [0.2, 0.25) is 0 Å². The van der Waals surface area contributed by atoms with Gasteiger partial charge in [0.1, 0.15) is 5.69 Å². The number of nitrogens with one attached hydrogen (secondary N) is 2. The lowest BCUT2D eigenvalue weighted by atomic mass is 10.4. The molecule has 4 nitrogen and oxygen atoms in total. The van der Waals surface area contributed by atoms with Gasteiger partial charge in [0.2, 0.25) is 0 Å². The van der Waals surface area contributed by atoms with Gasteiger partial charge in [0.15, 0.2) is 0 Å². The van der Waals surface area contributed by atoms with Crippen LogP contribution in [0.1, 0.15) is 17.4 Å². The molecule has 1 aromatic rings. The Bertz CT molecular complexity index is 317. The smallest absolute Gasteiger partial charge is 0.267 e. The standard InChI is InChI=1S/C11H16N2O2/c1-9(2)8-15-7-6-13-11(14)10-4-3-5-12-10/h3-5,12H,1,6-8H2,2H3,(H,13,14). The number of carbonyl (C=O) groups excluding carboxylic acids is 1. The van der Waals surface area contributed by atoms with Crippen LogP contribution in [0.25, 0.3) is 0 Å². The molecule has 0 aliphatic carbocycles. The molecule has 0 unspecified atom stereocenters. The summed E-state index contributed by atoms with van der Waals surface area (Å²) in [5.74, 6) is -0.112. The van der Waals surface area contributed by atoms with Gasteiger partial charge in [0, 0.05) is 12.7 Å². The third-order valence-corrected chi connectivity index (χ3v) is 1.72. The summed E-state index contributed by atoms with van der Waals surface area (Å²) in [6, 6.07) is 3.51. The minimum absolute atomic E-state index is 0.112. The summed E-state index contributed by atoms with van der Waals surface area (Å²) in [6.45, 7) is 7.16. The molecule has 0 aromatic carbocycles. The summed E-state index contributed by atoms with van der Waals surface area (Å²) in [5.41, 5.74) is 1.54. The van der Waals surface area contributed by atoms with E-state index in [-0.39, 0.29) is 5.91 Å². The predicted molar refractivity (Wildman–Crippen MR) is 58.8 cm³/mol. The number of carbonyl (C=O) groups is 1. The first-order chi connectivity index (χ1) is 7.20. The van der Waals surface area contributed by atoms with Gasteiger partial charge in [-0.15, -0.1) is 0 Å². The van der Waals surface area contributed by atoms with Crippen molar-refractivity contribution in [1.82, 2.24) is 10.3 Å². The molecule has 1 heterocycles. The maximum atomic E-state index is 11.4. The Labute approximate surface area is 89.3 Å². The molecule has 0 aliphatic heterocycles. The van der Waals surface area contributed by atoms with Gasteiger partial charge in [0.25, 0.3) is 5.91 Å². The van der Waals surface area contributed by atoms with Crippen LogP contribution in [0.5, 0.6) is 0 Å². The topological polar surface area (TPSA) is 54.1 Å². The molecular formula is C11H16N2O2. The SMILES string of the molecule is C=C(C)COCCNC(=O)c1ccc[nH]1. The van der Waals surface area contributed by atoms with Crippen molar-refractivity contribution >= 4 is 5.91 Å². The average Bonchev–Trinajstić information content (AvgIpc) is 2.69. The summed E-state index contributed by atoms with van der Waals surface area (Å²) in [4.78, 5) is 14.2. The van der Waals surface area contributed by atoms with Crippen molar-refractivity contribution in [2.24, 2.45) is 0 Å². The van der Waals surface area contributed by atoms with Crippen LogP contribution in [0.15, 0.2) is 30.5 Å². The largest absolute Gasteiger partial charge is 0.375 e. The van der Waals surface area contributed by atoms with E-state index < -0.39 is 0 Å². The third kappa shape index (κ3) is 4.46. The lowest BCUT2D eigenvalue weighted by Gasteiger charge is -2.05. The van der Waals surface area contributed by atoms with E-state index in [4.69, 9.17) is 4.74 Å². The van der Waals surface area contributed by atoms with E-state index in [0.29, 0.717) is 25.5 Å². The zero-order chi connectivity index (χ0) is 11.1. The lowest BCUT2D eigenvalue weighted by molar-refractivity contribution is 0.0922. The van der Waals surface area contributed by atoms with Gasteiger partial charge in [-0.3, -0.25) is 4.79 Å². The third-order valence-electron chi connectivity index (χ3n) is 1.72. The summed E-state index contributed by atoms with van der Waals surface area (Å²) in [7, 11) is 0. The summed E-state index contributed by atoms with van der Waals surface area (Å²) < 4.78 is 5.24. The van der Waals surface area contributed by atoms with Gasteiger partial charge in [-0.2, -0.15) is 0 Å². The minimum atomic E-state index is -0.112. The molecule has 1 amide bonds. The van der Waals surface area contributed by atoms with Crippen LogP contribution in [0.4, 0.5) is 0 Å². The number of amides is 1. The van der Waals surface area contributed by atoms with E-state index in [0.717, 1.165) is 5.57 Å². The van der Waals surface area contributed by atoms with Crippen molar-refractivity contribution in [3.63, 3.8) is 0 Å². The molecule has 0 radical (unpaired) electrons. The van der Waals surface area contributed by atoms with E-state index in [1.54, 1.807) is 18.3 Å². The van der Waals surface area contributed by atoms with Crippen molar-refractivity contribution < 1.29 is 9.53 Å². The van der Waals surface area contributed by atoms with Crippen molar-refractivity contribution in [2.75, 3.05) is 19.8 Å². The second-order valence-electron chi connectivity index (χ2n) is 3.35. The molecule has 0 saturated carbocycles. The molecule has 1 rings (SSSR count). The summed E-state index contributed by atoms with van der Waals surface area (Å²) in [5, 5.41) is 2.73. The number of ether oxygens (including phenoxy) is 1. The van der Waals surface area contributed by atoms with Crippen LogP contribution in [0.3, 0.4) is 0 Å². The van der Waals surface area contributed by atoms with E-state index in [2.05, 4.69) is 16.9 Å². The number of aromatic amines is 1. The first kappa shape index (κ1) is 11.5. The molecule has 2 N–H and O–H groups in total. The van der Waals surface area contributed by atoms with Crippen LogP contribution in [-0.4, -0.2) is 30.6 Å². The minimum Gasteiger partial charge on any atom is -0.375 e. The second-order valence-corrected chi connectivity index (χ2v) is 3.35. The fourth-order valence-corrected chi connectivity index (χ4v) is 1.05. The predicted octanol–water partition coefficient (Wildman–Crippen LogP) is 1.34. The van der Waals surface area contributed by atoms with Crippen molar-refractivity contribution in [3.05, 3.63) is 36.2 Å². The molecule has 0 bridgehead atoms. The quantitative estimate of drug-likeness (QED) is 0.547.